The van der Waals surface area contributed by atoms with Gasteiger partial charge in [-0.05, 0) is 41.3 Å². The number of benzene rings is 2. The van der Waals surface area contributed by atoms with Gasteiger partial charge in [-0.3, -0.25) is 4.79 Å². The van der Waals surface area contributed by atoms with Gasteiger partial charge in [0.2, 0.25) is 0 Å². The van der Waals surface area contributed by atoms with Gasteiger partial charge < -0.3 is 14.2 Å². The summed E-state index contributed by atoms with van der Waals surface area (Å²) in [5.74, 6) is 1.31. The van der Waals surface area contributed by atoms with Gasteiger partial charge in [0.05, 0.1) is 27.8 Å². The van der Waals surface area contributed by atoms with Gasteiger partial charge in [-0.15, -0.1) is 11.3 Å². The van der Waals surface area contributed by atoms with Crippen LogP contribution in [0.3, 0.4) is 0 Å². The van der Waals surface area contributed by atoms with Crippen LogP contribution < -0.4 is 9.47 Å². The SMILES string of the molecule is COC(=O)Cc1c(-c2ccccc2OC)sc2cc(OC)ccc12. The minimum atomic E-state index is -0.262. The molecule has 0 aliphatic rings. The first kappa shape index (κ1) is 16.3. The predicted octanol–water partition coefficient (Wildman–Crippen LogP) is 4.30. The number of methoxy groups -OCH3 is 3. The predicted molar refractivity (Wildman–Crippen MR) is 96.1 cm³/mol. The van der Waals surface area contributed by atoms with Crippen molar-refractivity contribution in [3.05, 3.63) is 48.0 Å². The lowest BCUT2D eigenvalue weighted by atomic mass is 10.0. The molecule has 0 amide bonds. The molecule has 1 heterocycles. The summed E-state index contributed by atoms with van der Waals surface area (Å²) < 4.78 is 16.7. The zero-order valence-corrected chi connectivity index (χ0v) is 14.6. The number of fused-ring (bicyclic) bond motifs is 1. The van der Waals surface area contributed by atoms with Gasteiger partial charge in [0, 0.05) is 15.1 Å². The molecule has 0 atom stereocenters. The molecular formula is C19H18O4S. The van der Waals surface area contributed by atoms with Gasteiger partial charge in [0.25, 0.3) is 0 Å². The third-order valence-corrected chi connectivity index (χ3v) is 5.13. The molecule has 4 nitrogen and oxygen atoms in total. The first-order valence-corrected chi connectivity index (χ1v) is 8.29. The Kier molecular flexibility index (Phi) is 4.71. The Bertz CT molecular complexity index is 882. The van der Waals surface area contributed by atoms with Crippen LogP contribution in [0.25, 0.3) is 20.5 Å². The second-order valence-electron chi connectivity index (χ2n) is 5.23. The molecule has 5 heteroatoms. The van der Waals surface area contributed by atoms with Crippen molar-refractivity contribution in [1.29, 1.82) is 0 Å². The monoisotopic (exact) mass is 342 g/mol. The Morgan fingerprint density at radius 3 is 2.54 bits per heavy atom. The third kappa shape index (κ3) is 2.95. The number of esters is 1. The molecule has 0 fully saturated rings. The summed E-state index contributed by atoms with van der Waals surface area (Å²) >= 11 is 1.62. The van der Waals surface area contributed by atoms with Crippen molar-refractivity contribution >= 4 is 27.4 Å². The minimum absolute atomic E-state index is 0.218. The van der Waals surface area contributed by atoms with Crippen LogP contribution in [0.4, 0.5) is 0 Å². The Morgan fingerprint density at radius 2 is 1.83 bits per heavy atom. The summed E-state index contributed by atoms with van der Waals surface area (Å²) in [5, 5.41) is 1.03. The largest absolute Gasteiger partial charge is 0.497 e. The van der Waals surface area contributed by atoms with Gasteiger partial charge in [0.15, 0.2) is 0 Å². The first-order chi connectivity index (χ1) is 11.7. The summed E-state index contributed by atoms with van der Waals surface area (Å²) in [6.45, 7) is 0. The number of carbonyl (C=O) groups excluding carboxylic acids is 1. The van der Waals surface area contributed by atoms with Crippen LogP contribution in [-0.2, 0) is 16.0 Å². The lowest BCUT2D eigenvalue weighted by molar-refractivity contribution is -0.139. The fourth-order valence-electron chi connectivity index (χ4n) is 2.70. The summed E-state index contributed by atoms with van der Waals surface area (Å²) in [7, 11) is 4.70. The van der Waals surface area contributed by atoms with Crippen LogP contribution in [0.5, 0.6) is 11.5 Å². The van der Waals surface area contributed by atoms with Gasteiger partial charge in [-0.1, -0.05) is 12.1 Å². The fraction of sp³-hybridized carbons (Fsp3) is 0.211. The van der Waals surface area contributed by atoms with Crippen LogP contribution in [-0.4, -0.2) is 27.3 Å². The van der Waals surface area contributed by atoms with Crippen LogP contribution in [0.1, 0.15) is 5.56 Å². The van der Waals surface area contributed by atoms with E-state index >= 15 is 0 Å². The van der Waals surface area contributed by atoms with Crippen molar-refractivity contribution in [1.82, 2.24) is 0 Å². The van der Waals surface area contributed by atoms with E-state index in [-0.39, 0.29) is 12.4 Å². The van der Waals surface area contributed by atoms with Crippen LogP contribution in [0, 0.1) is 0 Å². The number of hydrogen-bond donors (Lipinski definition) is 0. The van der Waals surface area contributed by atoms with E-state index in [9.17, 15) is 4.79 Å². The average molecular weight is 342 g/mol. The molecule has 0 aliphatic heterocycles. The highest BCUT2D eigenvalue weighted by atomic mass is 32.1. The topological polar surface area (TPSA) is 44.8 Å². The van der Waals surface area contributed by atoms with Crippen molar-refractivity contribution in [2.45, 2.75) is 6.42 Å². The van der Waals surface area contributed by atoms with E-state index in [1.807, 2.05) is 42.5 Å². The van der Waals surface area contributed by atoms with Crippen LogP contribution in [0.2, 0.25) is 0 Å². The number of thiophene rings is 1. The molecule has 0 unspecified atom stereocenters. The average Bonchev–Trinajstić information content (AvgIpc) is 2.98. The number of carbonyl (C=O) groups is 1. The molecule has 0 radical (unpaired) electrons. The Hall–Kier alpha value is -2.53. The standard InChI is InChI=1S/C19H18O4S/c1-21-12-8-9-13-15(11-18(20)23-3)19(24-17(13)10-12)14-6-4-5-7-16(14)22-2/h4-10H,11H2,1-3H3. The van der Waals surface area contributed by atoms with E-state index in [1.54, 1.807) is 25.6 Å². The number of para-hydroxylation sites is 1. The summed E-state index contributed by atoms with van der Waals surface area (Å²) in [6, 6.07) is 13.7. The molecule has 0 saturated carbocycles. The van der Waals surface area contributed by atoms with Crippen molar-refractivity contribution in [2.24, 2.45) is 0 Å². The smallest absolute Gasteiger partial charge is 0.310 e. The molecular weight excluding hydrogens is 324 g/mol. The van der Waals surface area contributed by atoms with E-state index < -0.39 is 0 Å². The molecule has 3 rings (SSSR count). The normalized spacial score (nSPS) is 10.6. The maximum Gasteiger partial charge on any atom is 0.310 e. The first-order valence-electron chi connectivity index (χ1n) is 7.47. The summed E-state index contributed by atoms with van der Waals surface area (Å²) in [4.78, 5) is 12.9. The fourth-order valence-corrected chi connectivity index (χ4v) is 3.98. The Labute approximate surface area is 144 Å². The quantitative estimate of drug-likeness (QED) is 0.649. The second-order valence-corrected chi connectivity index (χ2v) is 6.28. The van der Waals surface area contributed by atoms with E-state index in [0.29, 0.717) is 0 Å². The van der Waals surface area contributed by atoms with Gasteiger partial charge in [-0.2, -0.15) is 0 Å². The molecule has 0 N–H and O–H groups in total. The lowest BCUT2D eigenvalue weighted by Gasteiger charge is -2.09. The highest BCUT2D eigenvalue weighted by Gasteiger charge is 2.19. The van der Waals surface area contributed by atoms with Gasteiger partial charge >= 0.3 is 5.97 Å². The van der Waals surface area contributed by atoms with Crippen molar-refractivity contribution < 1.29 is 19.0 Å². The highest BCUT2D eigenvalue weighted by molar-refractivity contribution is 7.22. The van der Waals surface area contributed by atoms with Crippen molar-refractivity contribution in [2.75, 3.05) is 21.3 Å². The lowest BCUT2D eigenvalue weighted by Crippen LogP contribution is -2.05. The Morgan fingerprint density at radius 1 is 1.04 bits per heavy atom. The molecule has 0 aliphatic carbocycles. The maximum atomic E-state index is 11.9. The molecule has 0 saturated heterocycles. The molecule has 2 aromatic carbocycles. The highest BCUT2D eigenvalue weighted by Crippen LogP contribution is 2.43. The maximum absolute atomic E-state index is 11.9. The van der Waals surface area contributed by atoms with Crippen molar-refractivity contribution in [3.63, 3.8) is 0 Å². The second kappa shape index (κ2) is 6.93. The number of hydrogen-bond acceptors (Lipinski definition) is 5. The molecule has 1 aromatic heterocycles. The van der Waals surface area contributed by atoms with E-state index in [4.69, 9.17) is 14.2 Å². The third-order valence-electron chi connectivity index (χ3n) is 3.90. The summed E-state index contributed by atoms with van der Waals surface area (Å²) in [6.07, 6.45) is 0.218. The van der Waals surface area contributed by atoms with E-state index in [2.05, 4.69) is 0 Å². The van der Waals surface area contributed by atoms with Crippen LogP contribution in [0.15, 0.2) is 42.5 Å². The molecule has 3 aromatic rings. The number of ether oxygens (including phenoxy) is 3. The molecule has 0 spiro atoms. The molecule has 24 heavy (non-hydrogen) atoms. The van der Waals surface area contributed by atoms with Gasteiger partial charge in [-0.25, -0.2) is 0 Å². The molecule has 0 bridgehead atoms. The van der Waals surface area contributed by atoms with Gasteiger partial charge in [0.1, 0.15) is 11.5 Å². The van der Waals surface area contributed by atoms with E-state index in [1.165, 1.54) is 7.11 Å². The van der Waals surface area contributed by atoms with Crippen LogP contribution >= 0.6 is 11.3 Å². The van der Waals surface area contributed by atoms with E-state index in [0.717, 1.165) is 37.6 Å². The summed E-state index contributed by atoms with van der Waals surface area (Å²) in [5.41, 5.74) is 1.92. The molecule has 124 valence electrons. The Balaban J connectivity index is 2.24. The minimum Gasteiger partial charge on any atom is -0.497 e. The number of rotatable bonds is 5. The zero-order chi connectivity index (χ0) is 17.1. The van der Waals surface area contributed by atoms with Crippen molar-refractivity contribution in [3.8, 4) is 21.9 Å². The zero-order valence-electron chi connectivity index (χ0n) is 13.8.